The molecule has 0 aromatic heterocycles. The maximum Gasteiger partial charge on any atom is 0.0866 e. The highest BCUT2D eigenvalue weighted by atomic mass is 16.6. The van der Waals surface area contributed by atoms with E-state index >= 15 is 0 Å². The Morgan fingerprint density at radius 1 is 1.33 bits per heavy atom. The van der Waals surface area contributed by atoms with Crippen molar-refractivity contribution in [2.75, 3.05) is 0 Å². The summed E-state index contributed by atoms with van der Waals surface area (Å²) >= 11 is 0. The van der Waals surface area contributed by atoms with Crippen LogP contribution in [0.1, 0.15) is 19.8 Å². The first-order chi connectivity index (χ1) is 4.27. The molecule has 1 saturated heterocycles. The molecular formula is C7H12O2. The predicted molar refractivity (Wildman–Crippen MR) is 33.1 cm³/mol. The highest BCUT2D eigenvalue weighted by Crippen LogP contribution is 2.39. The second-order valence-electron chi connectivity index (χ2n) is 3.23. The standard InChI is InChI=1S/C7H12O2/c1-4-2-6-7(9-6)3-5(4)8/h4-8H,2-3H2,1H3. The van der Waals surface area contributed by atoms with Gasteiger partial charge in [-0.3, -0.25) is 0 Å². The summed E-state index contributed by atoms with van der Waals surface area (Å²) in [7, 11) is 0. The van der Waals surface area contributed by atoms with Crippen LogP contribution in [-0.2, 0) is 4.74 Å². The van der Waals surface area contributed by atoms with E-state index in [0.29, 0.717) is 18.1 Å². The van der Waals surface area contributed by atoms with Gasteiger partial charge in [0, 0.05) is 6.42 Å². The van der Waals surface area contributed by atoms with E-state index in [-0.39, 0.29) is 6.10 Å². The SMILES string of the molecule is CC1CC2OC2CC1O. The molecule has 4 unspecified atom stereocenters. The Labute approximate surface area is 54.8 Å². The van der Waals surface area contributed by atoms with Gasteiger partial charge in [0.1, 0.15) is 0 Å². The lowest BCUT2D eigenvalue weighted by Gasteiger charge is -2.20. The van der Waals surface area contributed by atoms with Crippen LogP contribution in [0.15, 0.2) is 0 Å². The maximum atomic E-state index is 9.29. The van der Waals surface area contributed by atoms with Crippen molar-refractivity contribution in [2.45, 2.75) is 38.1 Å². The molecule has 1 N–H and O–H groups in total. The largest absolute Gasteiger partial charge is 0.393 e. The lowest BCUT2D eigenvalue weighted by Crippen LogP contribution is -2.26. The lowest BCUT2D eigenvalue weighted by molar-refractivity contribution is 0.0900. The van der Waals surface area contributed by atoms with Crippen LogP contribution < -0.4 is 0 Å². The zero-order chi connectivity index (χ0) is 6.43. The van der Waals surface area contributed by atoms with E-state index in [1.807, 2.05) is 0 Å². The van der Waals surface area contributed by atoms with Crippen molar-refractivity contribution in [3.63, 3.8) is 0 Å². The Bertz CT molecular complexity index is 110. The molecule has 1 saturated carbocycles. The summed E-state index contributed by atoms with van der Waals surface area (Å²) in [4.78, 5) is 0. The normalized spacial score (nSPS) is 56.7. The van der Waals surface area contributed by atoms with E-state index in [4.69, 9.17) is 4.74 Å². The Kier molecular flexibility index (Phi) is 1.08. The molecular weight excluding hydrogens is 116 g/mol. The van der Waals surface area contributed by atoms with Crippen LogP contribution in [0.3, 0.4) is 0 Å². The van der Waals surface area contributed by atoms with E-state index in [1.165, 1.54) is 0 Å². The molecule has 0 aromatic rings. The van der Waals surface area contributed by atoms with Gasteiger partial charge in [0.2, 0.25) is 0 Å². The van der Waals surface area contributed by atoms with Gasteiger partial charge in [-0.05, 0) is 12.3 Å². The third kappa shape index (κ3) is 0.864. The van der Waals surface area contributed by atoms with Crippen molar-refractivity contribution in [1.29, 1.82) is 0 Å². The second kappa shape index (κ2) is 1.70. The summed E-state index contributed by atoms with van der Waals surface area (Å²) in [6.07, 6.45) is 2.74. The summed E-state index contributed by atoms with van der Waals surface area (Å²) < 4.78 is 5.26. The van der Waals surface area contributed by atoms with Gasteiger partial charge in [0.05, 0.1) is 18.3 Å². The molecule has 2 nitrogen and oxygen atoms in total. The first-order valence-corrected chi connectivity index (χ1v) is 3.61. The van der Waals surface area contributed by atoms with Crippen LogP contribution >= 0.6 is 0 Å². The van der Waals surface area contributed by atoms with E-state index in [9.17, 15) is 5.11 Å². The van der Waals surface area contributed by atoms with Crippen LogP contribution in [-0.4, -0.2) is 23.4 Å². The number of aliphatic hydroxyl groups is 1. The monoisotopic (exact) mass is 128 g/mol. The van der Waals surface area contributed by atoms with Gasteiger partial charge in [0.15, 0.2) is 0 Å². The molecule has 4 atom stereocenters. The fraction of sp³-hybridized carbons (Fsp3) is 1.00. The predicted octanol–water partition coefficient (Wildman–Crippen LogP) is 0.545. The minimum absolute atomic E-state index is 0.103. The molecule has 0 radical (unpaired) electrons. The van der Waals surface area contributed by atoms with E-state index in [1.54, 1.807) is 0 Å². The summed E-state index contributed by atoms with van der Waals surface area (Å²) in [6.45, 7) is 2.09. The molecule has 2 fully saturated rings. The van der Waals surface area contributed by atoms with E-state index in [0.717, 1.165) is 12.8 Å². The fourth-order valence-corrected chi connectivity index (χ4v) is 1.59. The highest BCUT2D eigenvalue weighted by molar-refractivity contribution is 4.94. The third-order valence-electron chi connectivity index (χ3n) is 2.42. The van der Waals surface area contributed by atoms with Gasteiger partial charge in [-0.15, -0.1) is 0 Å². The number of rotatable bonds is 0. The first-order valence-electron chi connectivity index (χ1n) is 3.61. The van der Waals surface area contributed by atoms with Gasteiger partial charge in [-0.1, -0.05) is 6.92 Å². The van der Waals surface area contributed by atoms with Crippen LogP contribution in [0.2, 0.25) is 0 Å². The Morgan fingerprint density at radius 3 is 2.67 bits per heavy atom. The van der Waals surface area contributed by atoms with Crippen LogP contribution in [0, 0.1) is 5.92 Å². The minimum Gasteiger partial charge on any atom is -0.393 e. The summed E-state index contributed by atoms with van der Waals surface area (Å²) in [5.41, 5.74) is 0. The van der Waals surface area contributed by atoms with Crippen molar-refractivity contribution in [1.82, 2.24) is 0 Å². The van der Waals surface area contributed by atoms with Crippen LogP contribution in [0.25, 0.3) is 0 Å². The summed E-state index contributed by atoms with van der Waals surface area (Å²) in [5, 5.41) is 9.29. The first kappa shape index (κ1) is 5.69. The van der Waals surface area contributed by atoms with Crippen LogP contribution in [0.5, 0.6) is 0 Å². The molecule has 52 valence electrons. The van der Waals surface area contributed by atoms with E-state index in [2.05, 4.69) is 6.92 Å². The van der Waals surface area contributed by atoms with Gasteiger partial charge < -0.3 is 9.84 Å². The molecule has 0 spiro atoms. The average molecular weight is 128 g/mol. The summed E-state index contributed by atoms with van der Waals surface area (Å²) in [5.74, 6) is 0.453. The lowest BCUT2D eigenvalue weighted by atomic mass is 9.88. The number of hydrogen-bond donors (Lipinski definition) is 1. The Hall–Kier alpha value is -0.0800. The molecule has 1 heterocycles. The van der Waals surface area contributed by atoms with Gasteiger partial charge in [0.25, 0.3) is 0 Å². The topological polar surface area (TPSA) is 32.8 Å². The summed E-state index contributed by atoms with van der Waals surface area (Å²) in [6, 6.07) is 0. The van der Waals surface area contributed by atoms with Gasteiger partial charge >= 0.3 is 0 Å². The fourth-order valence-electron chi connectivity index (χ4n) is 1.59. The number of aliphatic hydroxyl groups excluding tert-OH is 1. The maximum absolute atomic E-state index is 9.29. The zero-order valence-corrected chi connectivity index (χ0v) is 5.58. The Balaban J connectivity index is 1.98. The van der Waals surface area contributed by atoms with Gasteiger partial charge in [-0.25, -0.2) is 0 Å². The van der Waals surface area contributed by atoms with Gasteiger partial charge in [-0.2, -0.15) is 0 Å². The number of epoxide rings is 1. The molecule has 2 heteroatoms. The zero-order valence-electron chi connectivity index (χ0n) is 5.58. The number of hydrogen-bond acceptors (Lipinski definition) is 2. The molecule has 0 amide bonds. The van der Waals surface area contributed by atoms with Crippen LogP contribution in [0.4, 0.5) is 0 Å². The molecule has 9 heavy (non-hydrogen) atoms. The van der Waals surface area contributed by atoms with Crippen molar-refractivity contribution in [2.24, 2.45) is 5.92 Å². The minimum atomic E-state index is -0.103. The second-order valence-corrected chi connectivity index (χ2v) is 3.23. The van der Waals surface area contributed by atoms with E-state index < -0.39 is 0 Å². The van der Waals surface area contributed by atoms with Crippen molar-refractivity contribution < 1.29 is 9.84 Å². The molecule has 1 aliphatic carbocycles. The average Bonchev–Trinajstić information content (AvgIpc) is 2.46. The molecule has 2 aliphatic rings. The highest BCUT2D eigenvalue weighted by Gasteiger charge is 2.46. The Morgan fingerprint density at radius 2 is 2.00 bits per heavy atom. The van der Waals surface area contributed by atoms with Crippen molar-refractivity contribution >= 4 is 0 Å². The molecule has 2 rings (SSSR count). The quantitative estimate of drug-likeness (QED) is 0.483. The smallest absolute Gasteiger partial charge is 0.0866 e. The third-order valence-corrected chi connectivity index (χ3v) is 2.42. The van der Waals surface area contributed by atoms with Crippen molar-refractivity contribution in [3.8, 4) is 0 Å². The molecule has 0 bridgehead atoms. The molecule has 0 aromatic carbocycles. The molecule has 1 aliphatic heterocycles. The number of ether oxygens (including phenoxy) is 1. The number of fused-ring (bicyclic) bond motifs is 1. The van der Waals surface area contributed by atoms with Crippen molar-refractivity contribution in [3.05, 3.63) is 0 Å².